The summed E-state index contributed by atoms with van der Waals surface area (Å²) in [7, 11) is 0. The van der Waals surface area contributed by atoms with Crippen molar-refractivity contribution in [3.63, 3.8) is 0 Å². The van der Waals surface area contributed by atoms with E-state index < -0.39 is 0 Å². The highest BCUT2D eigenvalue weighted by molar-refractivity contribution is 7.15. The first kappa shape index (κ1) is 20.1. The van der Waals surface area contributed by atoms with Crippen molar-refractivity contribution in [2.24, 2.45) is 0 Å². The fraction of sp³-hybridized carbons (Fsp3) is 0.583. The minimum atomic E-state index is 0.632. The molecule has 2 aromatic heterocycles. The van der Waals surface area contributed by atoms with E-state index in [0.717, 1.165) is 67.1 Å². The number of nitrogens with zero attached hydrogens (tertiary/aromatic N) is 7. The molecular weight excluding hydrogens is 418 g/mol. The number of fused-ring (bicyclic) bond motifs is 1. The van der Waals surface area contributed by atoms with Gasteiger partial charge in [0, 0.05) is 45.2 Å². The molecular formula is C24H31N7S. The van der Waals surface area contributed by atoms with Crippen LogP contribution in [0.1, 0.15) is 55.9 Å². The van der Waals surface area contributed by atoms with Crippen molar-refractivity contribution in [2.75, 3.05) is 54.0 Å². The fourth-order valence-corrected chi connectivity index (χ4v) is 6.38. The predicted molar refractivity (Wildman–Crippen MR) is 131 cm³/mol. The maximum Gasteiger partial charge on any atom is 0.208 e. The van der Waals surface area contributed by atoms with Gasteiger partial charge in [-0.1, -0.05) is 42.7 Å². The van der Waals surface area contributed by atoms with Crippen molar-refractivity contribution in [3.05, 3.63) is 29.3 Å². The van der Waals surface area contributed by atoms with E-state index in [-0.39, 0.29) is 0 Å². The molecule has 3 aromatic rings. The second-order valence-electron chi connectivity index (χ2n) is 9.29. The van der Waals surface area contributed by atoms with Crippen LogP contribution in [0.3, 0.4) is 0 Å². The molecule has 7 nitrogen and oxygen atoms in total. The van der Waals surface area contributed by atoms with Crippen LogP contribution in [0, 0.1) is 0 Å². The van der Waals surface area contributed by atoms with E-state index in [9.17, 15) is 0 Å². The molecule has 2 saturated heterocycles. The van der Waals surface area contributed by atoms with Crippen molar-refractivity contribution in [1.29, 1.82) is 0 Å². The molecule has 3 aliphatic rings. The Morgan fingerprint density at radius 2 is 1.25 bits per heavy atom. The summed E-state index contributed by atoms with van der Waals surface area (Å²) in [5, 5.41) is 11.5. The van der Waals surface area contributed by atoms with E-state index in [1.807, 2.05) is 23.5 Å². The lowest BCUT2D eigenvalue weighted by atomic mass is 9.90. The Kier molecular flexibility index (Phi) is 5.55. The van der Waals surface area contributed by atoms with Gasteiger partial charge < -0.3 is 14.7 Å². The van der Waals surface area contributed by atoms with Crippen molar-refractivity contribution in [3.8, 4) is 0 Å². The second-order valence-corrected chi connectivity index (χ2v) is 10.3. The molecule has 32 heavy (non-hydrogen) atoms. The first-order valence-electron chi connectivity index (χ1n) is 12.2. The molecule has 0 bridgehead atoms. The largest absolute Gasteiger partial charge is 0.354 e. The van der Waals surface area contributed by atoms with Crippen molar-refractivity contribution >= 4 is 39.1 Å². The van der Waals surface area contributed by atoms with Gasteiger partial charge in [0.2, 0.25) is 5.13 Å². The standard InChI is InChI=1S/C24H31N7S/c1-2-8-18(9-3-1)23-27-28-24(32-23)31-16-14-30(15-17-31)22-21(29-12-6-7-13-29)25-19-10-4-5-11-20(19)26-22/h4-5,10-11,18H,1-3,6-9,12-17H2. The van der Waals surface area contributed by atoms with Crippen LogP contribution < -0.4 is 14.7 Å². The van der Waals surface area contributed by atoms with E-state index in [1.165, 1.54) is 50.0 Å². The lowest BCUT2D eigenvalue weighted by Gasteiger charge is -2.36. The van der Waals surface area contributed by atoms with Gasteiger partial charge in [-0.2, -0.15) is 0 Å². The number of para-hydroxylation sites is 2. The smallest absolute Gasteiger partial charge is 0.208 e. The Morgan fingerprint density at radius 3 is 1.91 bits per heavy atom. The Hall–Kier alpha value is -2.48. The molecule has 2 aliphatic heterocycles. The highest BCUT2D eigenvalue weighted by Gasteiger charge is 2.28. The summed E-state index contributed by atoms with van der Waals surface area (Å²) in [6, 6.07) is 8.24. The maximum atomic E-state index is 5.08. The Morgan fingerprint density at radius 1 is 0.656 bits per heavy atom. The molecule has 1 aliphatic carbocycles. The van der Waals surface area contributed by atoms with Gasteiger partial charge in [0.05, 0.1) is 11.0 Å². The van der Waals surface area contributed by atoms with Crippen LogP contribution in [0.4, 0.5) is 16.8 Å². The molecule has 1 aromatic carbocycles. The molecule has 4 heterocycles. The van der Waals surface area contributed by atoms with Crippen LogP contribution in [0.5, 0.6) is 0 Å². The average molecular weight is 450 g/mol. The van der Waals surface area contributed by atoms with Crippen molar-refractivity contribution in [2.45, 2.75) is 50.9 Å². The van der Waals surface area contributed by atoms with Crippen LogP contribution in [0.25, 0.3) is 11.0 Å². The van der Waals surface area contributed by atoms with E-state index in [2.05, 4.69) is 37.0 Å². The number of hydrogen-bond acceptors (Lipinski definition) is 8. The summed E-state index contributed by atoms with van der Waals surface area (Å²) in [5.41, 5.74) is 1.97. The summed E-state index contributed by atoms with van der Waals surface area (Å²) in [6.07, 6.45) is 9.09. The number of piperazine rings is 1. The Balaban J connectivity index is 1.20. The molecule has 6 rings (SSSR count). The molecule has 0 N–H and O–H groups in total. The molecule has 8 heteroatoms. The molecule has 0 amide bonds. The molecule has 3 fully saturated rings. The molecule has 0 radical (unpaired) electrons. The first-order valence-corrected chi connectivity index (χ1v) is 13.0. The van der Waals surface area contributed by atoms with Crippen molar-refractivity contribution in [1.82, 2.24) is 20.2 Å². The van der Waals surface area contributed by atoms with Crippen LogP contribution >= 0.6 is 11.3 Å². The van der Waals surface area contributed by atoms with E-state index in [4.69, 9.17) is 9.97 Å². The quantitative estimate of drug-likeness (QED) is 0.583. The highest BCUT2D eigenvalue weighted by atomic mass is 32.1. The van der Waals surface area contributed by atoms with Crippen LogP contribution in [0.2, 0.25) is 0 Å². The minimum absolute atomic E-state index is 0.632. The van der Waals surface area contributed by atoms with E-state index >= 15 is 0 Å². The van der Waals surface area contributed by atoms with Gasteiger partial charge in [-0.3, -0.25) is 0 Å². The van der Waals surface area contributed by atoms with Crippen LogP contribution in [-0.4, -0.2) is 59.4 Å². The predicted octanol–water partition coefficient (Wildman–Crippen LogP) is 4.46. The van der Waals surface area contributed by atoms with Crippen molar-refractivity contribution < 1.29 is 0 Å². The third-order valence-electron chi connectivity index (χ3n) is 7.17. The zero-order valence-electron chi connectivity index (χ0n) is 18.6. The summed E-state index contributed by atoms with van der Waals surface area (Å²) >= 11 is 1.82. The molecule has 0 unspecified atom stereocenters. The van der Waals surface area contributed by atoms with Gasteiger partial charge in [0.25, 0.3) is 0 Å². The summed E-state index contributed by atoms with van der Waals surface area (Å²) < 4.78 is 0. The first-order chi connectivity index (χ1) is 15.8. The van der Waals surface area contributed by atoms with Crippen LogP contribution in [-0.2, 0) is 0 Å². The van der Waals surface area contributed by atoms with Crippen LogP contribution in [0.15, 0.2) is 24.3 Å². The van der Waals surface area contributed by atoms with Gasteiger partial charge in [-0.05, 0) is 37.8 Å². The highest BCUT2D eigenvalue weighted by Crippen LogP contribution is 2.37. The second kappa shape index (κ2) is 8.81. The fourth-order valence-electron chi connectivity index (χ4n) is 5.31. The van der Waals surface area contributed by atoms with Gasteiger partial charge in [-0.15, -0.1) is 10.2 Å². The molecule has 1 saturated carbocycles. The summed E-state index contributed by atoms with van der Waals surface area (Å²) in [6.45, 7) is 5.93. The zero-order valence-corrected chi connectivity index (χ0v) is 19.4. The number of benzene rings is 1. The zero-order chi connectivity index (χ0) is 21.3. The Labute approximate surface area is 193 Å². The topological polar surface area (TPSA) is 61.3 Å². The lowest BCUT2D eigenvalue weighted by Crippen LogP contribution is -2.47. The molecule has 0 atom stereocenters. The molecule has 168 valence electrons. The number of hydrogen-bond donors (Lipinski definition) is 0. The normalized spacial score (nSPS) is 20.4. The molecule has 0 spiro atoms. The third-order valence-corrected chi connectivity index (χ3v) is 8.32. The minimum Gasteiger partial charge on any atom is -0.354 e. The van der Waals surface area contributed by atoms with E-state index in [0.29, 0.717) is 5.92 Å². The summed E-state index contributed by atoms with van der Waals surface area (Å²) in [5.74, 6) is 2.74. The van der Waals surface area contributed by atoms with E-state index in [1.54, 1.807) is 0 Å². The van der Waals surface area contributed by atoms with Gasteiger partial charge in [0.15, 0.2) is 11.6 Å². The van der Waals surface area contributed by atoms with Gasteiger partial charge in [-0.25, -0.2) is 9.97 Å². The maximum absolute atomic E-state index is 5.08. The van der Waals surface area contributed by atoms with Gasteiger partial charge in [0.1, 0.15) is 5.01 Å². The SMILES string of the molecule is c1ccc2nc(N3CCN(c4nnc(C5CCCCC5)s4)CC3)c(N3CCCC3)nc2c1. The summed E-state index contributed by atoms with van der Waals surface area (Å²) in [4.78, 5) is 17.4. The number of aromatic nitrogens is 4. The number of anilines is 3. The third kappa shape index (κ3) is 3.89. The van der Waals surface area contributed by atoms with Gasteiger partial charge >= 0.3 is 0 Å². The number of rotatable bonds is 4. The average Bonchev–Trinajstić information content (AvgIpc) is 3.57. The monoisotopic (exact) mass is 449 g/mol. The lowest BCUT2D eigenvalue weighted by molar-refractivity contribution is 0.440. The Bertz CT molecular complexity index is 1060.